The van der Waals surface area contributed by atoms with Crippen LogP contribution in [0.3, 0.4) is 0 Å². The van der Waals surface area contributed by atoms with E-state index in [1.165, 1.54) is 12.1 Å². The molecule has 4 nitrogen and oxygen atoms in total. The molecule has 0 spiro atoms. The maximum atomic E-state index is 13.8. The minimum Gasteiger partial charge on any atom is -0.336 e. The van der Waals surface area contributed by atoms with E-state index in [0.717, 1.165) is 31.7 Å². The second kappa shape index (κ2) is 6.41. The number of nitrogens with zero attached hydrogens (tertiary/aromatic N) is 3. The third-order valence-corrected chi connectivity index (χ3v) is 5.49. The highest BCUT2D eigenvalue weighted by molar-refractivity contribution is 6.30. The number of aromatic nitrogens is 2. The molecule has 0 radical (unpaired) electrons. The van der Waals surface area contributed by atoms with Gasteiger partial charge >= 0.3 is 0 Å². The lowest BCUT2D eigenvalue weighted by Gasteiger charge is -2.39. The summed E-state index contributed by atoms with van der Waals surface area (Å²) < 4.78 is 28.7. The maximum absolute atomic E-state index is 13.8. The Morgan fingerprint density at radius 3 is 2.52 bits per heavy atom. The predicted molar refractivity (Wildman–Crippen MR) is 89.2 cm³/mol. The topological polar surface area (TPSA) is 38.1 Å². The molecule has 2 atom stereocenters. The van der Waals surface area contributed by atoms with Gasteiger partial charge in [0.15, 0.2) is 0 Å². The molecule has 3 heterocycles. The van der Waals surface area contributed by atoms with E-state index in [2.05, 4.69) is 5.10 Å². The summed E-state index contributed by atoms with van der Waals surface area (Å²) in [6.07, 6.45) is 6.96. The van der Waals surface area contributed by atoms with E-state index in [1.807, 2.05) is 15.8 Å². The molecule has 2 aromatic rings. The molecule has 25 heavy (non-hydrogen) atoms. The van der Waals surface area contributed by atoms with Crippen molar-refractivity contribution in [2.24, 2.45) is 0 Å². The number of hydrogen-bond donors (Lipinski definition) is 0. The molecule has 1 aromatic carbocycles. The number of piperidine rings is 1. The van der Waals surface area contributed by atoms with Crippen LogP contribution < -0.4 is 0 Å². The average molecular weight is 366 g/mol. The van der Waals surface area contributed by atoms with E-state index < -0.39 is 11.6 Å². The summed E-state index contributed by atoms with van der Waals surface area (Å²) in [5.41, 5.74) is 0.242. The van der Waals surface area contributed by atoms with Crippen molar-refractivity contribution in [3.63, 3.8) is 0 Å². The first kappa shape index (κ1) is 16.5. The lowest BCUT2D eigenvalue weighted by Crippen LogP contribution is -2.47. The van der Waals surface area contributed by atoms with Crippen molar-refractivity contribution >= 4 is 17.5 Å². The van der Waals surface area contributed by atoms with Gasteiger partial charge in [0.25, 0.3) is 0 Å². The van der Waals surface area contributed by atoms with Gasteiger partial charge in [-0.05, 0) is 37.3 Å². The van der Waals surface area contributed by atoms with Crippen molar-refractivity contribution in [3.8, 4) is 0 Å². The van der Waals surface area contributed by atoms with Gasteiger partial charge < -0.3 is 4.90 Å². The largest absolute Gasteiger partial charge is 0.336 e. The number of hydrogen-bond acceptors (Lipinski definition) is 2. The van der Waals surface area contributed by atoms with Crippen LogP contribution in [-0.4, -0.2) is 32.7 Å². The number of carbonyl (C=O) groups excluding carboxylic acids is 1. The summed E-state index contributed by atoms with van der Waals surface area (Å²) in [5.74, 6) is -1.39. The first-order chi connectivity index (χ1) is 12.0. The number of benzene rings is 1. The predicted octanol–water partition coefficient (Wildman–Crippen LogP) is 3.75. The Labute approximate surface area is 149 Å². The zero-order valence-electron chi connectivity index (χ0n) is 13.5. The molecule has 2 bridgehead atoms. The standard InChI is InChI=1S/C18H18ClF2N3O/c19-12-9-22-23(10-12)16-7-14-3-4-15(8-16)24(14)18(25)5-11-1-2-13(20)6-17(11)21/h1-2,6,9-10,14-16H,3-5,7-8H2. The van der Waals surface area contributed by atoms with Crippen molar-refractivity contribution < 1.29 is 13.6 Å². The molecule has 1 aromatic heterocycles. The summed E-state index contributed by atoms with van der Waals surface area (Å²) in [6.45, 7) is 0. The average Bonchev–Trinajstić information content (AvgIpc) is 3.11. The number of amides is 1. The monoisotopic (exact) mass is 365 g/mol. The SMILES string of the molecule is O=C(Cc1ccc(F)cc1F)N1C2CCC1CC(n1cc(Cl)cn1)C2. The molecule has 132 valence electrons. The van der Waals surface area contributed by atoms with Crippen molar-refractivity contribution in [3.05, 3.63) is 52.8 Å². The van der Waals surface area contributed by atoms with Gasteiger partial charge in [-0.25, -0.2) is 8.78 Å². The molecule has 2 fully saturated rings. The van der Waals surface area contributed by atoms with Gasteiger partial charge in [0, 0.05) is 24.3 Å². The Bertz CT molecular complexity index is 795. The second-order valence-corrected chi connectivity index (χ2v) is 7.30. The molecule has 7 heteroatoms. The minimum absolute atomic E-state index is 0.0304. The Morgan fingerprint density at radius 1 is 1.20 bits per heavy atom. The Hall–Kier alpha value is -1.95. The van der Waals surface area contributed by atoms with Crippen LogP contribution in [0.4, 0.5) is 8.78 Å². The molecule has 0 saturated carbocycles. The number of carbonyl (C=O) groups is 1. The lowest BCUT2D eigenvalue weighted by molar-refractivity contribution is -0.135. The summed E-state index contributed by atoms with van der Waals surface area (Å²) in [5, 5.41) is 4.90. The highest BCUT2D eigenvalue weighted by Crippen LogP contribution is 2.41. The number of fused-ring (bicyclic) bond motifs is 2. The fraction of sp³-hybridized carbons (Fsp3) is 0.444. The zero-order valence-corrected chi connectivity index (χ0v) is 14.3. The van der Waals surface area contributed by atoms with Crippen LogP contribution in [-0.2, 0) is 11.2 Å². The summed E-state index contributed by atoms with van der Waals surface area (Å²) in [7, 11) is 0. The van der Waals surface area contributed by atoms with Gasteiger partial charge in [-0.1, -0.05) is 17.7 Å². The minimum atomic E-state index is -0.665. The van der Waals surface area contributed by atoms with E-state index >= 15 is 0 Å². The van der Waals surface area contributed by atoms with Crippen molar-refractivity contribution in [1.29, 1.82) is 0 Å². The maximum Gasteiger partial charge on any atom is 0.227 e. The molecule has 4 rings (SSSR count). The summed E-state index contributed by atoms with van der Waals surface area (Å²) in [4.78, 5) is 14.6. The molecule has 2 saturated heterocycles. The van der Waals surface area contributed by atoms with Gasteiger partial charge in [0.05, 0.1) is 23.7 Å². The fourth-order valence-electron chi connectivity index (χ4n) is 4.21. The normalized spacial score (nSPS) is 25.4. The van der Waals surface area contributed by atoms with E-state index in [-0.39, 0.29) is 36.0 Å². The Morgan fingerprint density at radius 2 is 1.92 bits per heavy atom. The molecular weight excluding hydrogens is 348 g/mol. The van der Waals surface area contributed by atoms with Crippen LogP contribution in [0.1, 0.15) is 37.3 Å². The van der Waals surface area contributed by atoms with Crippen LogP contribution in [0.25, 0.3) is 0 Å². The molecular formula is C18H18ClF2N3O. The van der Waals surface area contributed by atoms with Gasteiger partial charge in [0.2, 0.25) is 5.91 Å². The van der Waals surface area contributed by atoms with Crippen LogP contribution in [0.2, 0.25) is 5.02 Å². The van der Waals surface area contributed by atoms with Crippen molar-refractivity contribution in [2.45, 2.75) is 50.2 Å². The van der Waals surface area contributed by atoms with Gasteiger partial charge in [-0.15, -0.1) is 0 Å². The molecule has 2 aliphatic rings. The van der Waals surface area contributed by atoms with E-state index in [1.54, 1.807) is 6.20 Å². The molecule has 2 unspecified atom stereocenters. The van der Waals surface area contributed by atoms with Crippen LogP contribution >= 0.6 is 11.6 Å². The number of rotatable bonds is 3. The molecule has 2 aliphatic heterocycles. The van der Waals surface area contributed by atoms with Gasteiger partial charge in [-0.3, -0.25) is 9.48 Å². The first-order valence-electron chi connectivity index (χ1n) is 8.46. The van der Waals surface area contributed by atoms with Crippen LogP contribution in [0.15, 0.2) is 30.6 Å². The van der Waals surface area contributed by atoms with E-state index in [9.17, 15) is 13.6 Å². The highest BCUT2D eigenvalue weighted by atomic mass is 35.5. The number of halogens is 3. The second-order valence-electron chi connectivity index (χ2n) is 6.86. The fourth-order valence-corrected chi connectivity index (χ4v) is 4.35. The quantitative estimate of drug-likeness (QED) is 0.830. The third kappa shape index (κ3) is 3.15. The summed E-state index contributed by atoms with van der Waals surface area (Å²) in [6, 6.07) is 3.88. The molecule has 1 amide bonds. The van der Waals surface area contributed by atoms with Crippen molar-refractivity contribution in [1.82, 2.24) is 14.7 Å². The Balaban J connectivity index is 1.48. The van der Waals surface area contributed by atoms with E-state index in [0.29, 0.717) is 5.02 Å². The van der Waals surface area contributed by atoms with Crippen LogP contribution in [0, 0.1) is 11.6 Å². The van der Waals surface area contributed by atoms with Gasteiger partial charge in [0.1, 0.15) is 11.6 Å². The van der Waals surface area contributed by atoms with E-state index in [4.69, 9.17) is 11.6 Å². The third-order valence-electron chi connectivity index (χ3n) is 5.30. The first-order valence-corrected chi connectivity index (χ1v) is 8.84. The van der Waals surface area contributed by atoms with Crippen molar-refractivity contribution in [2.75, 3.05) is 0 Å². The lowest BCUT2D eigenvalue weighted by atomic mass is 9.96. The zero-order chi connectivity index (χ0) is 17.6. The summed E-state index contributed by atoms with van der Waals surface area (Å²) >= 11 is 5.95. The van der Waals surface area contributed by atoms with Gasteiger partial charge in [-0.2, -0.15) is 5.10 Å². The highest BCUT2D eigenvalue weighted by Gasteiger charge is 2.43. The van der Waals surface area contributed by atoms with Crippen LogP contribution in [0.5, 0.6) is 0 Å². The Kier molecular flexibility index (Phi) is 4.23. The molecule has 0 N–H and O–H groups in total. The smallest absolute Gasteiger partial charge is 0.227 e. The molecule has 0 aliphatic carbocycles.